The van der Waals surface area contributed by atoms with Crippen molar-refractivity contribution in [1.29, 1.82) is 0 Å². The molecule has 2 aliphatic heterocycles. The number of piperidine rings is 1. The fourth-order valence-corrected chi connectivity index (χ4v) is 2.82. The van der Waals surface area contributed by atoms with E-state index >= 15 is 0 Å². The highest BCUT2D eigenvalue weighted by atomic mass is 15.3. The molecule has 2 rings (SSSR count). The summed E-state index contributed by atoms with van der Waals surface area (Å²) in [5, 5.41) is 0. The first-order valence-electron chi connectivity index (χ1n) is 6.41. The summed E-state index contributed by atoms with van der Waals surface area (Å²) in [6, 6.07) is 0. The minimum Gasteiger partial charge on any atom is -0.306 e. The van der Waals surface area contributed by atoms with Crippen molar-refractivity contribution in [2.75, 3.05) is 33.2 Å². The molecule has 1 spiro atoms. The quantitative estimate of drug-likeness (QED) is 0.689. The lowest BCUT2D eigenvalue weighted by Crippen LogP contribution is -2.65. The molecular weight excluding hydrogens is 184 g/mol. The van der Waals surface area contributed by atoms with E-state index in [0.717, 1.165) is 0 Å². The van der Waals surface area contributed by atoms with Crippen LogP contribution in [-0.4, -0.2) is 48.6 Å². The van der Waals surface area contributed by atoms with E-state index in [1.807, 2.05) is 0 Å². The van der Waals surface area contributed by atoms with E-state index in [2.05, 4.69) is 37.6 Å². The molecule has 0 atom stereocenters. The van der Waals surface area contributed by atoms with Crippen LogP contribution in [0.1, 0.15) is 40.0 Å². The average molecular weight is 210 g/mol. The first kappa shape index (κ1) is 11.4. The van der Waals surface area contributed by atoms with Gasteiger partial charge in [-0.3, -0.25) is 4.90 Å². The summed E-state index contributed by atoms with van der Waals surface area (Å²) in [6.07, 6.45) is 4.10. The van der Waals surface area contributed by atoms with Crippen molar-refractivity contribution < 1.29 is 0 Å². The highest BCUT2D eigenvalue weighted by Gasteiger charge is 2.48. The van der Waals surface area contributed by atoms with Crippen molar-refractivity contribution in [3.8, 4) is 0 Å². The Hall–Kier alpha value is -0.0800. The molecule has 0 N–H and O–H groups in total. The maximum absolute atomic E-state index is 2.68. The fraction of sp³-hybridized carbons (Fsp3) is 1.00. The number of likely N-dealkylation sites (tertiary alicyclic amines) is 2. The van der Waals surface area contributed by atoms with Crippen LogP contribution >= 0.6 is 0 Å². The van der Waals surface area contributed by atoms with Crippen molar-refractivity contribution in [2.45, 2.75) is 45.6 Å². The van der Waals surface area contributed by atoms with Crippen LogP contribution in [0.5, 0.6) is 0 Å². The van der Waals surface area contributed by atoms with Crippen LogP contribution in [0.15, 0.2) is 0 Å². The molecule has 15 heavy (non-hydrogen) atoms. The van der Waals surface area contributed by atoms with Crippen molar-refractivity contribution in [1.82, 2.24) is 9.80 Å². The van der Waals surface area contributed by atoms with Gasteiger partial charge in [0.25, 0.3) is 0 Å². The second kappa shape index (κ2) is 3.74. The van der Waals surface area contributed by atoms with Crippen LogP contribution < -0.4 is 0 Å². The van der Waals surface area contributed by atoms with Gasteiger partial charge in [0.05, 0.1) is 0 Å². The van der Waals surface area contributed by atoms with E-state index in [0.29, 0.717) is 11.0 Å². The average Bonchev–Trinajstić information content (AvgIpc) is 2.16. The van der Waals surface area contributed by atoms with Gasteiger partial charge in [-0.15, -0.1) is 0 Å². The molecule has 2 aliphatic rings. The number of hydrogen-bond donors (Lipinski definition) is 0. The van der Waals surface area contributed by atoms with Gasteiger partial charge in [0.1, 0.15) is 0 Å². The Balaban J connectivity index is 1.87. The summed E-state index contributed by atoms with van der Waals surface area (Å²) in [4.78, 5) is 5.15. The van der Waals surface area contributed by atoms with E-state index in [-0.39, 0.29) is 0 Å². The van der Waals surface area contributed by atoms with E-state index in [4.69, 9.17) is 0 Å². The van der Waals surface area contributed by atoms with Crippen molar-refractivity contribution in [2.24, 2.45) is 5.41 Å². The van der Waals surface area contributed by atoms with E-state index in [9.17, 15) is 0 Å². The second-order valence-corrected chi connectivity index (χ2v) is 6.33. The zero-order valence-corrected chi connectivity index (χ0v) is 10.8. The summed E-state index contributed by atoms with van der Waals surface area (Å²) >= 11 is 0. The number of nitrogens with zero attached hydrogens (tertiary/aromatic N) is 2. The molecule has 88 valence electrons. The van der Waals surface area contributed by atoms with Crippen LogP contribution in [-0.2, 0) is 0 Å². The molecular formula is C13H26N2. The highest BCUT2D eigenvalue weighted by Crippen LogP contribution is 2.43. The molecule has 0 aromatic carbocycles. The van der Waals surface area contributed by atoms with Crippen LogP contribution in [0.3, 0.4) is 0 Å². The first-order valence-corrected chi connectivity index (χ1v) is 6.41. The molecule has 0 aromatic heterocycles. The van der Waals surface area contributed by atoms with Crippen LogP contribution in [0.2, 0.25) is 0 Å². The minimum atomic E-state index is 0.425. The molecule has 0 saturated carbocycles. The molecule has 0 bridgehead atoms. The monoisotopic (exact) mass is 210 g/mol. The lowest BCUT2D eigenvalue weighted by Gasteiger charge is -2.59. The van der Waals surface area contributed by atoms with E-state index < -0.39 is 0 Å². The van der Waals surface area contributed by atoms with Gasteiger partial charge >= 0.3 is 0 Å². The molecule has 2 saturated heterocycles. The van der Waals surface area contributed by atoms with Gasteiger partial charge in [0.15, 0.2) is 0 Å². The van der Waals surface area contributed by atoms with Crippen molar-refractivity contribution in [3.05, 3.63) is 0 Å². The lowest BCUT2D eigenvalue weighted by atomic mass is 9.70. The summed E-state index contributed by atoms with van der Waals surface area (Å²) in [6.45, 7) is 12.4. The lowest BCUT2D eigenvalue weighted by molar-refractivity contribution is -0.0938. The van der Waals surface area contributed by atoms with Crippen LogP contribution in [0.25, 0.3) is 0 Å². The van der Waals surface area contributed by atoms with Crippen LogP contribution in [0, 0.1) is 5.41 Å². The number of rotatable bonds is 2. The Morgan fingerprint density at radius 3 is 2.13 bits per heavy atom. The molecule has 2 nitrogen and oxygen atoms in total. The maximum Gasteiger partial charge on any atom is 0.0151 e. The Bertz CT molecular complexity index is 219. The maximum atomic E-state index is 2.68. The molecule has 2 fully saturated rings. The molecule has 0 radical (unpaired) electrons. The Morgan fingerprint density at radius 2 is 1.67 bits per heavy atom. The van der Waals surface area contributed by atoms with Gasteiger partial charge in [-0.1, -0.05) is 6.92 Å². The SMILES string of the molecule is CCC(C)(C)N1CC2(CCN(C)CC2)C1. The largest absolute Gasteiger partial charge is 0.306 e. The third-order valence-electron chi connectivity index (χ3n) is 4.82. The standard InChI is InChI=1S/C13H26N2/c1-5-12(2,3)15-10-13(11-15)6-8-14(4)9-7-13/h5-11H2,1-4H3. The van der Waals surface area contributed by atoms with Gasteiger partial charge in [0, 0.05) is 18.6 Å². The third kappa shape index (κ3) is 2.07. The first-order chi connectivity index (χ1) is 6.97. The Kier molecular flexibility index (Phi) is 2.85. The van der Waals surface area contributed by atoms with E-state index in [1.165, 1.54) is 45.4 Å². The van der Waals surface area contributed by atoms with Gasteiger partial charge in [-0.25, -0.2) is 0 Å². The highest BCUT2D eigenvalue weighted by molar-refractivity contribution is 5.02. The topological polar surface area (TPSA) is 6.48 Å². The van der Waals surface area contributed by atoms with Gasteiger partial charge in [-0.2, -0.15) is 0 Å². The normalized spacial score (nSPS) is 28.0. The fourth-order valence-electron chi connectivity index (χ4n) is 2.82. The zero-order chi connectivity index (χ0) is 11.1. The Morgan fingerprint density at radius 1 is 1.13 bits per heavy atom. The van der Waals surface area contributed by atoms with Crippen molar-refractivity contribution >= 4 is 0 Å². The molecule has 0 unspecified atom stereocenters. The molecule has 0 aromatic rings. The molecule has 2 heterocycles. The van der Waals surface area contributed by atoms with Gasteiger partial charge in [-0.05, 0) is 58.7 Å². The molecule has 0 amide bonds. The third-order valence-corrected chi connectivity index (χ3v) is 4.82. The van der Waals surface area contributed by atoms with Crippen molar-refractivity contribution in [3.63, 3.8) is 0 Å². The Labute approximate surface area is 94.6 Å². The summed E-state index contributed by atoms with van der Waals surface area (Å²) in [7, 11) is 2.25. The van der Waals surface area contributed by atoms with Gasteiger partial charge in [0.2, 0.25) is 0 Å². The molecule has 0 aliphatic carbocycles. The predicted octanol–water partition coefficient (Wildman–Crippen LogP) is 2.20. The molecule has 2 heteroatoms. The number of hydrogen-bond acceptors (Lipinski definition) is 2. The summed E-state index contributed by atoms with van der Waals surface area (Å²) in [5.41, 5.74) is 1.12. The minimum absolute atomic E-state index is 0.425. The predicted molar refractivity (Wildman–Crippen MR) is 65.1 cm³/mol. The van der Waals surface area contributed by atoms with Crippen LogP contribution in [0.4, 0.5) is 0 Å². The summed E-state index contributed by atoms with van der Waals surface area (Å²) in [5.74, 6) is 0. The zero-order valence-electron chi connectivity index (χ0n) is 10.8. The second-order valence-electron chi connectivity index (χ2n) is 6.33. The van der Waals surface area contributed by atoms with Gasteiger partial charge < -0.3 is 4.90 Å². The smallest absolute Gasteiger partial charge is 0.0151 e. The summed E-state index contributed by atoms with van der Waals surface area (Å²) < 4.78 is 0. The van der Waals surface area contributed by atoms with E-state index in [1.54, 1.807) is 0 Å².